The molecular formula is C18H19N. The molecule has 0 amide bonds. The van der Waals surface area contributed by atoms with Gasteiger partial charge in [-0.25, -0.2) is 0 Å². The zero-order chi connectivity index (χ0) is 13.0. The minimum absolute atomic E-state index is 0.560. The van der Waals surface area contributed by atoms with E-state index in [-0.39, 0.29) is 0 Å². The third kappa shape index (κ3) is 1.54. The third-order valence-electron chi connectivity index (χ3n) is 4.65. The van der Waals surface area contributed by atoms with E-state index in [4.69, 9.17) is 0 Å². The quantitative estimate of drug-likeness (QED) is 0.795. The van der Waals surface area contributed by atoms with Crippen LogP contribution in [0.4, 0.5) is 5.69 Å². The maximum absolute atomic E-state index is 3.69. The highest BCUT2D eigenvalue weighted by Gasteiger charge is 2.39. The SMILES string of the molecule is CC(C)c1ccc2c(c1)C1c3ccccc3NC1C2. The molecule has 1 aliphatic carbocycles. The van der Waals surface area contributed by atoms with Gasteiger partial charge in [-0.05, 0) is 40.7 Å². The van der Waals surface area contributed by atoms with Gasteiger partial charge in [0.2, 0.25) is 0 Å². The normalized spacial score (nSPS) is 22.9. The number of nitrogens with one attached hydrogen (secondary N) is 1. The van der Waals surface area contributed by atoms with E-state index in [0.717, 1.165) is 6.42 Å². The van der Waals surface area contributed by atoms with E-state index in [0.29, 0.717) is 17.9 Å². The average Bonchev–Trinajstić information content (AvgIpc) is 2.92. The molecule has 1 N–H and O–H groups in total. The van der Waals surface area contributed by atoms with Crippen LogP contribution in [0.2, 0.25) is 0 Å². The van der Waals surface area contributed by atoms with Gasteiger partial charge >= 0.3 is 0 Å². The van der Waals surface area contributed by atoms with Crippen molar-refractivity contribution >= 4 is 5.69 Å². The minimum atomic E-state index is 0.560. The van der Waals surface area contributed by atoms with Gasteiger partial charge in [-0.2, -0.15) is 0 Å². The zero-order valence-corrected chi connectivity index (χ0v) is 11.5. The topological polar surface area (TPSA) is 12.0 Å². The van der Waals surface area contributed by atoms with Gasteiger partial charge in [0.15, 0.2) is 0 Å². The van der Waals surface area contributed by atoms with Gasteiger partial charge < -0.3 is 5.32 Å². The summed E-state index contributed by atoms with van der Waals surface area (Å²) in [5.74, 6) is 1.17. The second-order valence-electron chi connectivity index (χ2n) is 6.13. The van der Waals surface area contributed by atoms with Crippen molar-refractivity contribution in [2.24, 2.45) is 0 Å². The van der Waals surface area contributed by atoms with Crippen LogP contribution in [0.1, 0.15) is 47.9 Å². The lowest BCUT2D eigenvalue weighted by Gasteiger charge is -2.13. The van der Waals surface area contributed by atoms with E-state index >= 15 is 0 Å². The van der Waals surface area contributed by atoms with Gasteiger partial charge in [0.25, 0.3) is 0 Å². The van der Waals surface area contributed by atoms with Crippen molar-refractivity contribution < 1.29 is 0 Å². The number of para-hydroxylation sites is 1. The van der Waals surface area contributed by atoms with Crippen molar-refractivity contribution in [1.29, 1.82) is 0 Å². The minimum Gasteiger partial charge on any atom is -0.381 e. The Morgan fingerprint density at radius 2 is 1.89 bits per heavy atom. The number of hydrogen-bond donors (Lipinski definition) is 1. The molecule has 0 fully saturated rings. The lowest BCUT2D eigenvalue weighted by Crippen LogP contribution is -2.17. The zero-order valence-electron chi connectivity index (χ0n) is 11.5. The lowest BCUT2D eigenvalue weighted by molar-refractivity contribution is 0.726. The summed E-state index contributed by atoms with van der Waals surface area (Å²) in [6.45, 7) is 4.55. The largest absolute Gasteiger partial charge is 0.381 e. The number of anilines is 1. The van der Waals surface area contributed by atoms with Gasteiger partial charge in [-0.15, -0.1) is 0 Å². The molecule has 2 aromatic rings. The van der Waals surface area contributed by atoms with Crippen LogP contribution >= 0.6 is 0 Å². The fraction of sp³-hybridized carbons (Fsp3) is 0.333. The Morgan fingerprint density at radius 1 is 1.05 bits per heavy atom. The van der Waals surface area contributed by atoms with Gasteiger partial charge in [0, 0.05) is 17.6 Å². The summed E-state index contributed by atoms with van der Waals surface area (Å²) in [7, 11) is 0. The van der Waals surface area contributed by atoms with Crippen molar-refractivity contribution in [3.63, 3.8) is 0 Å². The first kappa shape index (κ1) is 11.1. The van der Waals surface area contributed by atoms with Crippen molar-refractivity contribution in [2.45, 2.75) is 38.1 Å². The molecule has 0 saturated heterocycles. The first-order valence-electron chi connectivity index (χ1n) is 7.22. The van der Waals surface area contributed by atoms with Crippen LogP contribution in [0.5, 0.6) is 0 Å². The van der Waals surface area contributed by atoms with Crippen LogP contribution in [0.3, 0.4) is 0 Å². The highest BCUT2D eigenvalue weighted by Crippen LogP contribution is 2.47. The summed E-state index contributed by atoms with van der Waals surface area (Å²) >= 11 is 0. The van der Waals surface area contributed by atoms with Gasteiger partial charge in [-0.1, -0.05) is 50.2 Å². The molecule has 1 nitrogen and oxygen atoms in total. The Balaban J connectivity index is 1.86. The molecule has 96 valence electrons. The molecule has 2 aromatic carbocycles. The average molecular weight is 249 g/mol. The first-order valence-corrected chi connectivity index (χ1v) is 7.22. The molecule has 2 aliphatic rings. The Labute approximate surface area is 114 Å². The van der Waals surface area contributed by atoms with Crippen LogP contribution in [-0.4, -0.2) is 6.04 Å². The molecule has 0 bridgehead atoms. The van der Waals surface area contributed by atoms with Crippen LogP contribution in [0.25, 0.3) is 0 Å². The molecule has 1 heterocycles. The lowest BCUT2D eigenvalue weighted by atomic mass is 9.90. The number of rotatable bonds is 1. The standard InChI is InChI=1S/C18H19N/c1-11(2)12-7-8-13-10-17-18(15(13)9-12)14-5-3-4-6-16(14)19-17/h3-9,11,17-19H,10H2,1-2H3. The van der Waals surface area contributed by atoms with Crippen LogP contribution in [0, 0.1) is 0 Å². The second kappa shape index (κ2) is 3.86. The van der Waals surface area contributed by atoms with Crippen LogP contribution in [-0.2, 0) is 6.42 Å². The molecule has 1 aliphatic heterocycles. The number of fused-ring (bicyclic) bond motifs is 5. The van der Waals surface area contributed by atoms with E-state index in [1.807, 2.05) is 0 Å². The number of hydrogen-bond acceptors (Lipinski definition) is 1. The number of benzene rings is 2. The highest BCUT2D eigenvalue weighted by molar-refractivity contribution is 5.65. The monoisotopic (exact) mass is 249 g/mol. The Bertz CT molecular complexity index is 642. The molecule has 19 heavy (non-hydrogen) atoms. The van der Waals surface area contributed by atoms with E-state index in [1.165, 1.54) is 22.4 Å². The van der Waals surface area contributed by atoms with Gasteiger partial charge in [0.05, 0.1) is 0 Å². The fourth-order valence-corrected chi connectivity index (χ4v) is 3.64. The van der Waals surface area contributed by atoms with E-state index in [2.05, 4.69) is 61.6 Å². The van der Waals surface area contributed by atoms with E-state index < -0.39 is 0 Å². The molecule has 0 radical (unpaired) electrons. The summed E-state index contributed by atoms with van der Waals surface area (Å²) in [5.41, 5.74) is 7.35. The van der Waals surface area contributed by atoms with E-state index in [1.54, 1.807) is 5.56 Å². The van der Waals surface area contributed by atoms with Crippen LogP contribution in [0.15, 0.2) is 42.5 Å². The summed E-state index contributed by atoms with van der Waals surface area (Å²) in [5, 5.41) is 3.69. The Kier molecular flexibility index (Phi) is 2.26. The van der Waals surface area contributed by atoms with Crippen LogP contribution < -0.4 is 5.32 Å². The second-order valence-corrected chi connectivity index (χ2v) is 6.13. The molecular weight excluding hydrogens is 230 g/mol. The summed E-state index contributed by atoms with van der Waals surface area (Å²) in [4.78, 5) is 0. The molecule has 1 heteroatoms. The Morgan fingerprint density at radius 3 is 2.74 bits per heavy atom. The smallest absolute Gasteiger partial charge is 0.0411 e. The maximum atomic E-state index is 3.69. The van der Waals surface area contributed by atoms with Crippen molar-refractivity contribution in [1.82, 2.24) is 0 Å². The third-order valence-corrected chi connectivity index (χ3v) is 4.65. The van der Waals surface area contributed by atoms with Gasteiger partial charge in [-0.3, -0.25) is 0 Å². The summed E-state index contributed by atoms with van der Waals surface area (Å²) in [6, 6.07) is 16.4. The summed E-state index contributed by atoms with van der Waals surface area (Å²) in [6.07, 6.45) is 1.16. The molecule has 0 aromatic heterocycles. The maximum Gasteiger partial charge on any atom is 0.0411 e. The highest BCUT2D eigenvalue weighted by atomic mass is 15.0. The predicted molar refractivity (Wildman–Crippen MR) is 79.9 cm³/mol. The van der Waals surface area contributed by atoms with Gasteiger partial charge in [0.1, 0.15) is 0 Å². The summed E-state index contributed by atoms with van der Waals surface area (Å²) < 4.78 is 0. The fourth-order valence-electron chi connectivity index (χ4n) is 3.64. The molecule has 2 atom stereocenters. The van der Waals surface area contributed by atoms with E-state index in [9.17, 15) is 0 Å². The molecule has 0 spiro atoms. The van der Waals surface area contributed by atoms with Crippen molar-refractivity contribution in [3.05, 3.63) is 64.7 Å². The molecule has 4 rings (SSSR count). The predicted octanol–water partition coefficient (Wildman–Crippen LogP) is 4.29. The van der Waals surface area contributed by atoms with Crippen molar-refractivity contribution in [2.75, 3.05) is 5.32 Å². The Hall–Kier alpha value is -1.76. The van der Waals surface area contributed by atoms with Crippen molar-refractivity contribution in [3.8, 4) is 0 Å². The molecule has 0 saturated carbocycles. The first-order chi connectivity index (χ1) is 9.24. The molecule has 2 unspecified atom stereocenters.